The highest BCUT2D eigenvalue weighted by molar-refractivity contribution is 5.88. The molecule has 6 nitrogen and oxygen atoms in total. The van der Waals surface area contributed by atoms with Crippen LogP contribution in [-0.4, -0.2) is 85.4 Å². The van der Waals surface area contributed by atoms with Crippen LogP contribution in [0.2, 0.25) is 0 Å². The topological polar surface area (TPSA) is 56.3 Å². The number of amides is 1. The van der Waals surface area contributed by atoms with Gasteiger partial charge in [-0.3, -0.25) is 9.69 Å². The van der Waals surface area contributed by atoms with Gasteiger partial charge in [-0.25, -0.2) is 0 Å². The minimum absolute atomic E-state index is 0.154. The van der Waals surface area contributed by atoms with Crippen molar-refractivity contribution >= 4 is 11.6 Å². The molecule has 6 heteroatoms. The molecule has 0 aromatic heterocycles. The fourth-order valence-electron chi connectivity index (χ4n) is 5.78. The molecule has 1 N–H and O–H groups in total. The zero-order chi connectivity index (χ0) is 22.7. The average Bonchev–Trinajstić information content (AvgIpc) is 3.27. The molecule has 1 amide bonds. The van der Waals surface area contributed by atoms with E-state index in [4.69, 9.17) is 4.74 Å². The van der Waals surface area contributed by atoms with E-state index >= 15 is 0 Å². The first kappa shape index (κ1) is 22.4. The molecule has 3 heterocycles. The van der Waals surface area contributed by atoms with Gasteiger partial charge in [0.15, 0.2) is 0 Å². The van der Waals surface area contributed by atoms with Crippen molar-refractivity contribution in [1.29, 1.82) is 0 Å². The lowest BCUT2D eigenvalue weighted by molar-refractivity contribution is -0.141. The van der Waals surface area contributed by atoms with Crippen LogP contribution in [0, 0.1) is 0 Å². The van der Waals surface area contributed by atoms with Gasteiger partial charge in [-0.2, -0.15) is 0 Å². The van der Waals surface area contributed by atoms with Crippen molar-refractivity contribution in [3.63, 3.8) is 0 Å². The second-order valence-electron chi connectivity index (χ2n) is 9.86. The number of aliphatic hydroxyl groups is 1. The van der Waals surface area contributed by atoms with Gasteiger partial charge >= 0.3 is 0 Å². The maximum atomic E-state index is 13.8. The van der Waals surface area contributed by atoms with Gasteiger partial charge in [-0.15, -0.1) is 0 Å². The van der Waals surface area contributed by atoms with E-state index in [1.54, 1.807) is 0 Å². The molecule has 2 aromatic rings. The van der Waals surface area contributed by atoms with Gasteiger partial charge in [-0.05, 0) is 37.0 Å². The maximum absolute atomic E-state index is 13.8. The number of β-amino-alcohol motifs (C(OH)–C–C–N with tert-alkyl or cyclic N) is 1. The monoisotopic (exact) mass is 449 g/mol. The van der Waals surface area contributed by atoms with Crippen LogP contribution in [0.3, 0.4) is 0 Å². The lowest BCUT2D eigenvalue weighted by atomic mass is 9.73. The molecule has 3 saturated heterocycles. The van der Waals surface area contributed by atoms with Crippen molar-refractivity contribution in [3.05, 3.63) is 66.2 Å². The SMILES string of the molecule is O=C(N1CCC(O)(CN2CCN(c3ccccc3)CC2)C1)C1(c2ccccc2)CCOCC1. The van der Waals surface area contributed by atoms with Crippen molar-refractivity contribution in [1.82, 2.24) is 9.80 Å². The molecule has 5 rings (SSSR count). The van der Waals surface area contributed by atoms with E-state index in [1.165, 1.54) is 5.69 Å². The summed E-state index contributed by atoms with van der Waals surface area (Å²) in [7, 11) is 0. The van der Waals surface area contributed by atoms with Gasteiger partial charge in [0.05, 0.1) is 17.6 Å². The summed E-state index contributed by atoms with van der Waals surface area (Å²) < 4.78 is 5.61. The smallest absolute Gasteiger partial charge is 0.233 e. The fourth-order valence-corrected chi connectivity index (χ4v) is 5.78. The molecule has 3 aliphatic heterocycles. The van der Waals surface area contributed by atoms with Crippen LogP contribution in [-0.2, 0) is 14.9 Å². The normalized spacial score (nSPS) is 25.8. The second kappa shape index (κ2) is 9.45. The predicted octanol–water partition coefficient (Wildman–Crippen LogP) is 2.52. The van der Waals surface area contributed by atoms with E-state index in [2.05, 4.69) is 46.2 Å². The number of anilines is 1. The Morgan fingerprint density at radius 2 is 1.48 bits per heavy atom. The lowest BCUT2D eigenvalue weighted by Gasteiger charge is -2.40. The molecule has 2 aromatic carbocycles. The molecule has 33 heavy (non-hydrogen) atoms. The largest absolute Gasteiger partial charge is 0.387 e. The molecule has 0 spiro atoms. The van der Waals surface area contributed by atoms with Crippen LogP contribution >= 0.6 is 0 Å². The number of benzene rings is 2. The van der Waals surface area contributed by atoms with E-state index in [0.717, 1.165) is 31.7 Å². The summed E-state index contributed by atoms with van der Waals surface area (Å²) >= 11 is 0. The second-order valence-corrected chi connectivity index (χ2v) is 9.86. The Bertz CT molecular complexity index is 924. The molecular formula is C27H35N3O3. The fraction of sp³-hybridized carbons (Fsp3) is 0.519. The molecule has 3 aliphatic rings. The molecular weight excluding hydrogens is 414 g/mol. The van der Waals surface area contributed by atoms with Crippen molar-refractivity contribution in [2.75, 3.05) is 63.9 Å². The number of likely N-dealkylation sites (tertiary alicyclic amines) is 1. The number of hydrogen-bond donors (Lipinski definition) is 1. The van der Waals surface area contributed by atoms with Crippen LogP contribution in [0.1, 0.15) is 24.8 Å². The summed E-state index contributed by atoms with van der Waals surface area (Å²) in [5, 5.41) is 11.4. The number of para-hydroxylation sites is 1. The van der Waals surface area contributed by atoms with E-state index in [9.17, 15) is 9.90 Å². The number of nitrogens with zero attached hydrogens (tertiary/aromatic N) is 3. The Kier molecular flexibility index (Phi) is 6.41. The first-order chi connectivity index (χ1) is 16.1. The van der Waals surface area contributed by atoms with E-state index in [1.807, 2.05) is 29.2 Å². The third-order valence-corrected chi connectivity index (χ3v) is 7.71. The number of ether oxygens (including phenoxy) is 1. The van der Waals surface area contributed by atoms with Gasteiger partial charge in [0, 0.05) is 58.2 Å². The third-order valence-electron chi connectivity index (χ3n) is 7.71. The van der Waals surface area contributed by atoms with Crippen LogP contribution in [0.25, 0.3) is 0 Å². The van der Waals surface area contributed by atoms with Gasteiger partial charge < -0.3 is 19.6 Å². The molecule has 0 aliphatic carbocycles. The molecule has 1 unspecified atom stereocenters. The number of rotatable bonds is 5. The van der Waals surface area contributed by atoms with Gasteiger partial charge in [0.25, 0.3) is 0 Å². The number of carbonyl (C=O) groups is 1. The predicted molar refractivity (Wildman–Crippen MR) is 129 cm³/mol. The van der Waals surface area contributed by atoms with Crippen LogP contribution in [0.5, 0.6) is 0 Å². The molecule has 3 fully saturated rings. The van der Waals surface area contributed by atoms with Gasteiger partial charge in [0.2, 0.25) is 5.91 Å². The summed E-state index contributed by atoms with van der Waals surface area (Å²) in [6.45, 7) is 6.64. The highest BCUT2D eigenvalue weighted by Crippen LogP contribution is 2.38. The Hall–Kier alpha value is -2.41. The zero-order valence-corrected chi connectivity index (χ0v) is 19.4. The third kappa shape index (κ3) is 4.65. The first-order valence-corrected chi connectivity index (χ1v) is 12.3. The zero-order valence-electron chi connectivity index (χ0n) is 19.4. The van der Waals surface area contributed by atoms with Gasteiger partial charge in [-0.1, -0.05) is 48.5 Å². The summed E-state index contributed by atoms with van der Waals surface area (Å²) in [4.78, 5) is 20.5. The number of hydrogen-bond acceptors (Lipinski definition) is 5. The minimum Gasteiger partial charge on any atom is -0.387 e. The summed E-state index contributed by atoms with van der Waals surface area (Å²) in [5.41, 5.74) is 0.960. The lowest BCUT2D eigenvalue weighted by Crippen LogP contribution is -2.54. The molecule has 1 atom stereocenters. The van der Waals surface area contributed by atoms with E-state index in [-0.39, 0.29) is 5.91 Å². The van der Waals surface area contributed by atoms with Crippen molar-refractivity contribution in [2.24, 2.45) is 0 Å². The van der Waals surface area contributed by atoms with Crippen molar-refractivity contribution < 1.29 is 14.6 Å². The van der Waals surface area contributed by atoms with Gasteiger partial charge in [0.1, 0.15) is 0 Å². The summed E-state index contributed by atoms with van der Waals surface area (Å²) in [5.74, 6) is 0.154. The average molecular weight is 450 g/mol. The summed E-state index contributed by atoms with van der Waals surface area (Å²) in [6.07, 6.45) is 2.04. The first-order valence-electron chi connectivity index (χ1n) is 12.3. The Morgan fingerprint density at radius 3 is 2.15 bits per heavy atom. The minimum atomic E-state index is -0.840. The number of piperazine rings is 1. The Balaban J connectivity index is 1.22. The Labute approximate surface area is 196 Å². The standard InChI is InChI=1S/C27H35N3O3/c31-25(27(12-19-33-20-13-27)23-7-3-1-4-8-23)30-14-11-26(32,22-30)21-28-15-17-29(18-16-28)24-9-5-2-6-10-24/h1-10,32H,11-22H2. The quantitative estimate of drug-likeness (QED) is 0.760. The van der Waals surface area contributed by atoms with Crippen LogP contribution < -0.4 is 4.90 Å². The van der Waals surface area contributed by atoms with E-state index in [0.29, 0.717) is 52.1 Å². The Morgan fingerprint density at radius 1 is 0.848 bits per heavy atom. The van der Waals surface area contributed by atoms with Crippen LogP contribution in [0.15, 0.2) is 60.7 Å². The van der Waals surface area contributed by atoms with Crippen LogP contribution in [0.4, 0.5) is 5.69 Å². The van der Waals surface area contributed by atoms with E-state index < -0.39 is 11.0 Å². The molecule has 176 valence electrons. The van der Waals surface area contributed by atoms with Crippen molar-refractivity contribution in [2.45, 2.75) is 30.3 Å². The number of carbonyl (C=O) groups excluding carboxylic acids is 1. The molecule has 0 saturated carbocycles. The summed E-state index contributed by atoms with van der Waals surface area (Å²) in [6, 6.07) is 20.7. The van der Waals surface area contributed by atoms with Crippen molar-refractivity contribution in [3.8, 4) is 0 Å². The maximum Gasteiger partial charge on any atom is 0.233 e. The highest BCUT2D eigenvalue weighted by Gasteiger charge is 2.48. The molecule has 0 bridgehead atoms. The molecule has 0 radical (unpaired) electrons. The highest BCUT2D eigenvalue weighted by atomic mass is 16.5.